The molecule has 6 heteroatoms. The quantitative estimate of drug-likeness (QED) is 0.671. The summed E-state index contributed by atoms with van der Waals surface area (Å²) in [4.78, 5) is 4.88. The average molecular weight is 394 g/mol. The third-order valence-corrected chi connectivity index (χ3v) is 6.37. The number of nitrogens with one attached hydrogen (secondary N) is 2. The fourth-order valence-electron chi connectivity index (χ4n) is 3.36. The zero-order valence-corrected chi connectivity index (χ0v) is 16.4. The monoisotopic (exact) mass is 393 g/mol. The van der Waals surface area contributed by atoms with Gasteiger partial charge in [-0.25, -0.2) is 18.1 Å². The smallest absolute Gasteiger partial charge is 0.240 e. The van der Waals surface area contributed by atoms with Crippen LogP contribution < -0.4 is 10.0 Å². The molecular formula is C22H23N3O2S. The van der Waals surface area contributed by atoms with Gasteiger partial charge >= 0.3 is 0 Å². The van der Waals surface area contributed by atoms with Crippen molar-refractivity contribution in [2.24, 2.45) is 0 Å². The lowest BCUT2D eigenvalue weighted by atomic mass is 10.1. The minimum atomic E-state index is -3.54. The van der Waals surface area contributed by atoms with E-state index in [2.05, 4.69) is 21.1 Å². The van der Waals surface area contributed by atoms with E-state index in [0.717, 1.165) is 42.0 Å². The Morgan fingerprint density at radius 3 is 2.46 bits per heavy atom. The van der Waals surface area contributed by atoms with Gasteiger partial charge in [0.15, 0.2) is 0 Å². The summed E-state index contributed by atoms with van der Waals surface area (Å²) in [6, 6.07) is 20.9. The number of hydrogen-bond donors (Lipinski definition) is 2. The molecule has 1 aliphatic rings. The van der Waals surface area contributed by atoms with Crippen molar-refractivity contribution in [2.45, 2.75) is 24.2 Å². The highest BCUT2D eigenvalue weighted by atomic mass is 32.2. The van der Waals surface area contributed by atoms with E-state index in [-0.39, 0.29) is 4.90 Å². The van der Waals surface area contributed by atoms with Gasteiger partial charge in [-0.1, -0.05) is 48.5 Å². The number of hydrogen-bond acceptors (Lipinski definition) is 4. The predicted octanol–water partition coefficient (Wildman–Crippen LogP) is 3.63. The zero-order chi connectivity index (χ0) is 19.4. The van der Waals surface area contributed by atoms with Crippen molar-refractivity contribution < 1.29 is 8.42 Å². The van der Waals surface area contributed by atoms with Crippen LogP contribution in [0.15, 0.2) is 71.6 Å². The van der Waals surface area contributed by atoms with Gasteiger partial charge in [0.25, 0.3) is 0 Å². The Morgan fingerprint density at radius 1 is 0.929 bits per heavy atom. The molecule has 2 aromatic carbocycles. The van der Waals surface area contributed by atoms with Crippen molar-refractivity contribution in [1.29, 1.82) is 0 Å². The lowest BCUT2D eigenvalue weighted by Crippen LogP contribution is -2.26. The van der Waals surface area contributed by atoms with Crippen LogP contribution >= 0.6 is 0 Å². The first kappa shape index (κ1) is 18.7. The van der Waals surface area contributed by atoms with Crippen LogP contribution in [0, 0.1) is 0 Å². The van der Waals surface area contributed by atoms with E-state index in [9.17, 15) is 8.42 Å². The summed E-state index contributed by atoms with van der Waals surface area (Å²) < 4.78 is 27.8. The van der Waals surface area contributed by atoms with Gasteiger partial charge in [0.1, 0.15) is 5.82 Å². The molecule has 144 valence electrons. The predicted molar refractivity (Wildman–Crippen MR) is 112 cm³/mol. The van der Waals surface area contributed by atoms with Crippen LogP contribution in [0.25, 0.3) is 11.1 Å². The molecule has 0 aliphatic carbocycles. The first-order chi connectivity index (χ1) is 13.6. The van der Waals surface area contributed by atoms with Crippen LogP contribution in [0.3, 0.4) is 0 Å². The van der Waals surface area contributed by atoms with Crippen LogP contribution in [0.5, 0.6) is 0 Å². The second-order valence-electron chi connectivity index (χ2n) is 6.88. The molecule has 0 unspecified atom stereocenters. The number of pyridine rings is 1. The van der Waals surface area contributed by atoms with E-state index in [1.54, 1.807) is 12.1 Å². The number of sulfonamides is 1. The number of anilines is 1. The summed E-state index contributed by atoms with van der Waals surface area (Å²) >= 11 is 0. The lowest BCUT2D eigenvalue weighted by Gasteiger charge is -2.17. The summed E-state index contributed by atoms with van der Waals surface area (Å²) in [5.41, 5.74) is 4.17. The van der Waals surface area contributed by atoms with Gasteiger partial charge < -0.3 is 5.32 Å². The zero-order valence-electron chi connectivity index (χ0n) is 15.6. The molecule has 0 saturated heterocycles. The lowest BCUT2D eigenvalue weighted by molar-refractivity contribution is 0.581. The Morgan fingerprint density at radius 2 is 1.68 bits per heavy atom. The van der Waals surface area contributed by atoms with Crippen molar-refractivity contribution in [3.05, 3.63) is 78.0 Å². The maximum absolute atomic E-state index is 12.6. The molecule has 0 amide bonds. The number of aromatic nitrogens is 1. The molecule has 0 spiro atoms. The second-order valence-corrected chi connectivity index (χ2v) is 8.65. The fraction of sp³-hybridized carbons (Fsp3) is 0.227. The number of fused-ring (bicyclic) bond motifs is 1. The number of rotatable bonds is 6. The Bertz CT molecular complexity index is 1050. The highest BCUT2D eigenvalue weighted by molar-refractivity contribution is 7.89. The molecule has 0 fully saturated rings. The van der Waals surface area contributed by atoms with Crippen LogP contribution in [0.4, 0.5) is 5.82 Å². The average Bonchev–Trinajstić information content (AvgIpc) is 2.74. The highest BCUT2D eigenvalue weighted by Crippen LogP contribution is 2.21. The van der Waals surface area contributed by atoms with Gasteiger partial charge in [-0.2, -0.15) is 0 Å². The Balaban J connectivity index is 1.39. The molecule has 28 heavy (non-hydrogen) atoms. The topological polar surface area (TPSA) is 71.1 Å². The molecule has 0 bridgehead atoms. The van der Waals surface area contributed by atoms with Crippen LogP contribution in [0.1, 0.15) is 17.7 Å². The van der Waals surface area contributed by atoms with E-state index in [1.807, 2.05) is 48.5 Å². The minimum absolute atomic E-state index is 0.271. The summed E-state index contributed by atoms with van der Waals surface area (Å²) in [5, 5.41) is 3.30. The van der Waals surface area contributed by atoms with Crippen LogP contribution in [-0.2, 0) is 22.9 Å². The van der Waals surface area contributed by atoms with Gasteiger partial charge in [-0.3, -0.25) is 0 Å². The maximum Gasteiger partial charge on any atom is 0.240 e. The van der Waals surface area contributed by atoms with Crippen molar-refractivity contribution in [2.75, 3.05) is 18.4 Å². The van der Waals surface area contributed by atoms with Gasteiger partial charge in [-0.05, 0) is 47.7 Å². The van der Waals surface area contributed by atoms with Crippen molar-refractivity contribution in [1.82, 2.24) is 9.71 Å². The highest BCUT2D eigenvalue weighted by Gasteiger charge is 2.14. The maximum atomic E-state index is 12.6. The van der Waals surface area contributed by atoms with Crippen LogP contribution in [0.2, 0.25) is 0 Å². The van der Waals surface area contributed by atoms with Crippen molar-refractivity contribution in [3.8, 4) is 11.1 Å². The van der Waals surface area contributed by atoms with E-state index < -0.39 is 10.0 Å². The van der Waals surface area contributed by atoms with Crippen molar-refractivity contribution >= 4 is 15.8 Å². The molecule has 3 aromatic rings. The molecule has 0 saturated carbocycles. The first-order valence-electron chi connectivity index (χ1n) is 9.50. The molecule has 1 aliphatic heterocycles. The number of nitrogens with zero attached hydrogens (tertiary/aromatic N) is 1. The summed E-state index contributed by atoms with van der Waals surface area (Å²) in [7, 11) is -3.54. The molecule has 2 N–H and O–H groups in total. The number of benzene rings is 2. The standard InChI is InChI=1S/C22H23N3O2S/c26-28(27,21-12-9-18(10-13-21)17-5-2-1-3-6-17)24-16-14-20-11-8-19-7-4-15-23-22(19)25-20/h1-3,5-6,8-13,24H,4,7,14-16H2,(H,23,25). The molecule has 0 atom stereocenters. The molecule has 4 rings (SSSR count). The Labute approximate surface area is 165 Å². The summed E-state index contributed by atoms with van der Waals surface area (Å²) in [5.74, 6) is 0.933. The van der Waals surface area contributed by atoms with Crippen LogP contribution in [-0.4, -0.2) is 26.5 Å². The summed E-state index contributed by atoms with van der Waals surface area (Å²) in [6.07, 6.45) is 2.72. The largest absolute Gasteiger partial charge is 0.370 e. The summed E-state index contributed by atoms with van der Waals surface area (Å²) in [6.45, 7) is 1.25. The molecular weight excluding hydrogens is 370 g/mol. The normalized spacial score (nSPS) is 13.6. The first-order valence-corrected chi connectivity index (χ1v) is 11.0. The minimum Gasteiger partial charge on any atom is -0.370 e. The third-order valence-electron chi connectivity index (χ3n) is 4.90. The Hall–Kier alpha value is -2.70. The molecule has 2 heterocycles. The van der Waals surface area contributed by atoms with E-state index in [4.69, 9.17) is 0 Å². The van der Waals surface area contributed by atoms with Gasteiger partial charge in [0.2, 0.25) is 10.0 Å². The second kappa shape index (κ2) is 8.12. The molecule has 0 radical (unpaired) electrons. The molecule has 1 aromatic heterocycles. The van der Waals surface area contributed by atoms with Gasteiger partial charge in [0.05, 0.1) is 4.90 Å². The molecule has 5 nitrogen and oxygen atoms in total. The third kappa shape index (κ3) is 4.24. The van der Waals surface area contributed by atoms with Crippen molar-refractivity contribution in [3.63, 3.8) is 0 Å². The van der Waals surface area contributed by atoms with E-state index in [0.29, 0.717) is 13.0 Å². The number of aryl methyl sites for hydroxylation is 1. The van der Waals surface area contributed by atoms with E-state index in [1.165, 1.54) is 5.56 Å². The van der Waals surface area contributed by atoms with E-state index >= 15 is 0 Å². The Kier molecular flexibility index (Phi) is 5.41. The SMILES string of the molecule is O=S(=O)(NCCc1ccc2c(n1)NCCC2)c1ccc(-c2ccccc2)cc1. The van der Waals surface area contributed by atoms with Gasteiger partial charge in [0, 0.05) is 25.2 Å². The van der Waals surface area contributed by atoms with Gasteiger partial charge in [-0.15, -0.1) is 0 Å². The fourth-order valence-corrected chi connectivity index (χ4v) is 4.39.